The van der Waals surface area contributed by atoms with Crippen molar-refractivity contribution in [3.05, 3.63) is 0 Å². The molecule has 1 unspecified atom stereocenters. The van der Waals surface area contributed by atoms with Crippen LogP contribution in [-0.4, -0.2) is 49.3 Å². The molecule has 4 heteroatoms. The van der Waals surface area contributed by atoms with Crippen molar-refractivity contribution in [2.24, 2.45) is 5.41 Å². The summed E-state index contributed by atoms with van der Waals surface area (Å²) in [6.07, 6.45) is -0.615. The fourth-order valence-electron chi connectivity index (χ4n) is 1.22. The fraction of sp³-hybridized carbons (Fsp3) is 0.900. The Kier molecular flexibility index (Phi) is 5.08. The SMILES string of the molecule is COCC(O)CN(C)C(=O)C(C)(C)C. The Labute approximate surface area is 85.9 Å². The van der Waals surface area contributed by atoms with E-state index in [1.165, 1.54) is 12.0 Å². The molecule has 1 amide bonds. The third-order valence-corrected chi connectivity index (χ3v) is 1.83. The van der Waals surface area contributed by atoms with Gasteiger partial charge in [0.1, 0.15) is 0 Å². The zero-order valence-electron chi connectivity index (χ0n) is 9.70. The molecule has 0 aromatic heterocycles. The van der Waals surface area contributed by atoms with Gasteiger partial charge < -0.3 is 14.7 Å². The van der Waals surface area contributed by atoms with Crippen LogP contribution in [0.2, 0.25) is 0 Å². The molecule has 0 aromatic carbocycles. The lowest BCUT2D eigenvalue weighted by atomic mass is 9.95. The maximum atomic E-state index is 11.7. The molecule has 4 nitrogen and oxygen atoms in total. The number of carbonyl (C=O) groups is 1. The second kappa shape index (κ2) is 5.32. The summed E-state index contributed by atoms with van der Waals surface area (Å²) in [6, 6.07) is 0. The van der Waals surface area contributed by atoms with E-state index in [0.717, 1.165) is 0 Å². The molecule has 14 heavy (non-hydrogen) atoms. The van der Waals surface area contributed by atoms with E-state index in [2.05, 4.69) is 0 Å². The molecule has 0 spiro atoms. The topological polar surface area (TPSA) is 49.8 Å². The maximum Gasteiger partial charge on any atom is 0.227 e. The van der Waals surface area contributed by atoms with Crippen LogP contribution in [0.25, 0.3) is 0 Å². The number of aliphatic hydroxyl groups is 1. The Balaban J connectivity index is 4.08. The van der Waals surface area contributed by atoms with Gasteiger partial charge in [-0.15, -0.1) is 0 Å². The van der Waals surface area contributed by atoms with Crippen LogP contribution in [0.5, 0.6) is 0 Å². The third kappa shape index (κ3) is 4.58. The molecule has 0 radical (unpaired) electrons. The Hall–Kier alpha value is -0.610. The number of methoxy groups -OCH3 is 1. The molecular weight excluding hydrogens is 182 g/mol. The number of likely N-dealkylation sites (N-methyl/N-ethyl adjacent to an activating group) is 1. The van der Waals surface area contributed by atoms with Gasteiger partial charge in [-0.2, -0.15) is 0 Å². The van der Waals surface area contributed by atoms with Gasteiger partial charge in [0.05, 0.1) is 12.7 Å². The number of aliphatic hydroxyl groups excluding tert-OH is 1. The molecular formula is C10H21NO3. The normalized spacial score (nSPS) is 13.9. The minimum Gasteiger partial charge on any atom is -0.389 e. The zero-order chi connectivity index (χ0) is 11.4. The van der Waals surface area contributed by atoms with Crippen LogP contribution in [0, 0.1) is 5.41 Å². The highest BCUT2D eigenvalue weighted by Crippen LogP contribution is 2.16. The zero-order valence-corrected chi connectivity index (χ0v) is 9.70. The third-order valence-electron chi connectivity index (χ3n) is 1.83. The molecule has 0 fully saturated rings. The fourth-order valence-corrected chi connectivity index (χ4v) is 1.22. The quantitative estimate of drug-likeness (QED) is 0.723. The van der Waals surface area contributed by atoms with Crippen LogP contribution in [0.3, 0.4) is 0 Å². The van der Waals surface area contributed by atoms with Crippen molar-refractivity contribution in [1.29, 1.82) is 0 Å². The van der Waals surface area contributed by atoms with E-state index in [1.807, 2.05) is 20.8 Å². The minimum atomic E-state index is -0.615. The van der Waals surface area contributed by atoms with E-state index >= 15 is 0 Å². The highest BCUT2D eigenvalue weighted by atomic mass is 16.5. The van der Waals surface area contributed by atoms with Crippen LogP contribution in [-0.2, 0) is 9.53 Å². The van der Waals surface area contributed by atoms with Crippen molar-refractivity contribution >= 4 is 5.91 Å². The van der Waals surface area contributed by atoms with Crippen molar-refractivity contribution in [3.63, 3.8) is 0 Å². The smallest absolute Gasteiger partial charge is 0.227 e. The van der Waals surface area contributed by atoms with Crippen molar-refractivity contribution in [1.82, 2.24) is 4.90 Å². The van der Waals surface area contributed by atoms with E-state index in [9.17, 15) is 9.90 Å². The molecule has 0 saturated carbocycles. The molecule has 1 atom stereocenters. The number of amides is 1. The van der Waals surface area contributed by atoms with Gasteiger partial charge in [-0.1, -0.05) is 20.8 Å². The highest BCUT2D eigenvalue weighted by Gasteiger charge is 2.25. The molecule has 1 N–H and O–H groups in total. The highest BCUT2D eigenvalue weighted by molar-refractivity contribution is 5.81. The van der Waals surface area contributed by atoms with E-state index in [0.29, 0.717) is 6.54 Å². The Morgan fingerprint density at radius 2 is 2.00 bits per heavy atom. The largest absolute Gasteiger partial charge is 0.389 e. The first-order chi connectivity index (χ1) is 6.29. The number of nitrogens with zero attached hydrogens (tertiary/aromatic N) is 1. The second-order valence-electron chi connectivity index (χ2n) is 4.54. The lowest BCUT2D eigenvalue weighted by Gasteiger charge is -2.27. The first-order valence-corrected chi connectivity index (χ1v) is 4.71. The van der Waals surface area contributed by atoms with E-state index in [1.54, 1.807) is 7.05 Å². The van der Waals surface area contributed by atoms with E-state index in [-0.39, 0.29) is 12.5 Å². The standard InChI is InChI=1S/C10H21NO3/c1-10(2,3)9(13)11(4)6-8(12)7-14-5/h8,12H,6-7H2,1-5H3. The molecule has 0 aliphatic heterocycles. The first-order valence-electron chi connectivity index (χ1n) is 4.71. The summed E-state index contributed by atoms with van der Waals surface area (Å²) in [5, 5.41) is 9.42. The average molecular weight is 203 g/mol. The maximum absolute atomic E-state index is 11.7. The van der Waals surface area contributed by atoms with Crippen LogP contribution in [0.15, 0.2) is 0 Å². The van der Waals surface area contributed by atoms with Gasteiger partial charge in [0.25, 0.3) is 0 Å². The predicted octanol–water partition coefficient (Wildman–Crippen LogP) is 0.498. The van der Waals surface area contributed by atoms with Crippen LogP contribution in [0.1, 0.15) is 20.8 Å². The second-order valence-corrected chi connectivity index (χ2v) is 4.54. The number of carbonyl (C=O) groups excluding carboxylic acids is 1. The number of rotatable bonds is 4. The van der Waals surface area contributed by atoms with Gasteiger partial charge in [-0.05, 0) is 0 Å². The number of ether oxygens (including phenoxy) is 1. The lowest BCUT2D eigenvalue weighted by molar-refractivity contribution is -0.139. The van der Waals surface area contributed by atoms with Crippen LogP contribution in [0.4, 0.5) is 0 Å². The molecule has 0 bridgehead atoms. The predicted molar refractivity (Wildman–Crippen MR) is 55.0 cm³/mol. The molecule has 0 saturated heterocycles. The van der Waals surface area contributed by atoms with Crippen molar-refractivity contribution in [3.8, 4) is 0 Å². The van der Waals surface area contributed by atoms with E-state index in [4.69, 9.17) is 4.74 Å². The summed E-state index contributed by atoms with van der Waals surface area (Å²) in [5.41, 5.74) is -0.401. The molecule has 0 aliphatic carbocycles. The summed E-state index contributed by atoms with van der Waals surface area (Å²) < 4.78 is 4.78. The van der Waals surface area contributed by atoms with Crippen LogP contribution >= 0.6 is 0 Å². The monoisotopic (exact) mass is 203 g/mol. The summed E-state index contributed by atoms with van der Waals surface area (Å²) in [6.45, 7) is 6.13. The minimum absolute atomic E-state index is 0.0210. The Morgan fingerprint density at radius 3 is 2.36 bits per heavy atom. The van der Waals surface area contributed by atoms with Crippen molar-refractivity contribution in [2.45, 2.75) is 26.9 Å². The number of hydrogen-bond acceptors (Lipinski definition) is 3. The first kappa shape index (κ1) is 13.4. The molecule has 0 aromatic rings. The van der Waals surface area contributed by atoms with Gasteiger partial charge in [0.2, 0.25) is 5.91 Å². The summed E-state index contributed by atoms with van der Waals surface area (Å²) in [5.74, 6) is 0.0210. The van der Waals surface area contributed by atoms with Gasteiger partial charge in [-0.3, -0.25) is 4.79 Å². The molecule has 0 heterocycles. The van der Waals surface area contributed by atoms with Crippen molar-refractivity contribution < 1.29 is 14.6 Å². The number of hydrogen-bond donors (Lipinski definition) is 1. The molecule has 0 rings (SSSR count). The van der Waals surface area contributed by atoms with Crippen LogP contribution < -0.4 is 0 Å². The Morgan fingerprint density at radius 1 is 1.50 bits per heavy atom. The molecule has 84 valence electrons. The van der Waals surface area contributed by atoms with Crippen molar-refractivity contribution in [2.75, 3.05) is 27.3 Å². The molecule has 0 aliphatic rings. The van der Waals surface area contributed by atoms with E-state index < -0.39 is 11.5 Å². The summed E-state index contributed by atoms with van der Waals surface area (Å²) in [4.78, 5) is 13.2. The lowest BCUT2D eigenvalue weighted by Crippen LogP contribution is -2.41. The van der Waals surface area contributed by atoms with Gasteiger partial charge in [0, 0.05) is 26.1 Å². The Bertz CT molecular complexity index is 186. The average Bonchev–Trinajstić information content (AvgIpc) is 2.01. The van der Waals surface area contributed by atoms with Gasteiger partial charge in [0.15, 0.2) is 0 Å². The van der Waals surface area contributed by atoms with Gasteiger partial charge >= 0.3 is 0 Å². The summed E-state index contributed by atoms with van der Waals surface area (Å²) in [7, 11) is 3.21. The van der Waals surface area contributed by atoms with Gasteiger partial charge in [-0.25, -0.2) is 0 Å². The summed E-state index contributed by atoms with van der Waals surface area (Å²) >= 11 is 0.